The number of likely N-dealkylation sites (tertiary alicyclic amines) is 1. The van der Waals surface area contributed by atoms with Crippen molar-refractivity contribution in [3.05, 3.63) is 65.5 Å². The molecule has 2 unspecified atom stereocenters. The van der Waals surface area contributed by atoms with Crippen LogP contribution in [0.15, 0.2) is 53.1 Å². The quantitative estimate of drug-likeness (QED) is 0.511. The van der Waals surface area contributed by atoms with E-state index in [1.165, 1.54) is 11.1 Å². The first-order valence-electron chi connectivity index (χ1n) is 11.2. The summed E-state index contributed by atoms with van der Waals surface area (Å²) in [6.45, 7) is 3.50. The minimum atomic E-state index is -0.0330. The molecule has 31 heavy (non-hydrogen) atoms. The molecular weight excluding hydrogens is 390 g/mol. The van der Waals surface area contributed by atoms with Crippen LogP contribution in [0.5, 0.6) is 5.75 Å². The van der Waals surface area contributed by atoms with E-state index in [1.54, 1.807) is 0 Å². The van der Waals surface area contributed by atoms with Gasteiger partial charge in [-0.05, 0) is 54.7 Å². The number of hydrogen-bond acceptors (Lipinski definition) is 5. The van der Waals surface area contributed by atoms with Crippen LogP contribution in [-0.2, 0) is 11.2 Å². The van der Waals surface area contributed by atoms with Crippen molar-refractivity contribution >= 4 is 5.91 Å². The molecule has 6 heteroatoms. The van der Waals surface area contributed by atoms with E-state index in [4.69, 9.17) is 9.26 Å². The smallest absolute Gasteiger partial charge is 0.257 e. The van der Waals surface area contributed by atoms with Gasteiger partial charge < -0.3 is 14.2 Å². The van der Waals surface area contributed by atoms with Crippen molar-refractivity contribution in [1.82, 2.24) is 15.0 Å². The summed E-state index contributed by atoms with van der Waals surface area (Å²) in [6.07, 6.45) is 4.60. The molecule has 2 aromatic carbocycles. The average Bonchev–Trinajstić information content (AvgIpc) is 3.52. The second-order valence-corrected chi connectivity index (χ2v) is 8.38. The van der Waals surface area contributed by atoms with Gasteiger partial charge in [0, 0.05) is 24.4 Å². The molecule has 3 aromatic rings. The van der Waals surface area contributed by atoms with Gasteiger partial charge in [0.15, 0.2) is 5.82 Å². The Kier molecular flexibility index (Phi) is 5.45. The summed E-state index contributed by atoms with van der Waals surface area (Å²) in [5.74, 6) is 2.07. The van der Waals surface area contributed by atoms with Gasteiger partial charge in [-0.2, -0.15) is 4.98 Å². The first-order chi connectivity index (χ1) is 15.2. The van der Waals surface area contributed by atoms with Crippen LogP contribution in [0.25, 0.3) is 11.5 Å². The van der Waals surface area contributed by atoms with Gasteiger partial charge in [-0.25, -0.2) is 0 Å². The summed E-state index contributed by atoms with van der Waals surface area (Å²) in [5, 5.41) is 4.20. The van der Waals surface area contributed by atoms with Gasteiger partial charge in [0.25, 0.3) is 5.89 Å². The van der Waals surface area contributed by atoms with Crippen molar-refractivity contribution in [2.45, 2.75) is 51.0 Å². The lowest BCUT2D eigenvalue weighted by Crippen LogP contribution is -2.28. The van der Waals surface area contributed by atoms with E-state index >= 15 is 0 Å². The second-order valence-electron chi connectivity index (χ2n) is 8.38. The van der Waals surface area contributed by atoms with Crippen molar-refractivity contribution in [3.63, 3.8) is 0 Å². The van der Waals surface area contributed by atoms with E-state index in [0.29, 0.717) is 24.7 Å². The van der Waals surface area contributed by atoms with Gasteiger partial charge in [-0.1, -0.05) is 42.8 Å². The Labute approximate surface area is 182 Å². The molecule has 6 nitrogen and oxygen atoms in total. The molecule has 5 rings (SSSR count). The Morgan fingerprint density at radius 1 is 1.16 bits per heavy atom. The highest BCUT2D eigenvalue weighted by atomic mass is 16.5. The minimum Gasteiger partial charge on any atom is -0.494 e. The Morgan fingerprint density at radius 2 is 2.00 bits per heavy atom. The van der Waals surface area contributed by atoms with Crippen molar-refractivity contribution < 1.29 is 14.1 Å². The molecule has 2 aliphatic rings. The Balaban J connectivity index is 1.27. The normalized spacial score (nSPS) is 20.3. The van der Waals surface area contributed by atoms with Crippen LogP contribution >= 0.6 is 0 Å². The molecule has 1 aromatic heterocycles. The number of carbonyl (C=O) groups is 1. The van der Waals surface area contributed by atoms with Crippen LogP contribution in [0.4, 0.5) is 0 Å². The number of aromatic nitrogens is 2. The number of benzene rings is 2. The fraction of sp³-hybridized carbons (Fsp3) is 0.400. The van der Waals surface area contributed by atoms with Crippen LogP contribution in [-0.4, -0.2) is 34.1 Å². The molecule has 0 saturated carbocycles. The fourth-order valence-electron chi connectivity index (χ4n) is 4.61. The number of fused-ring (bicyclic) bond motifs is 1. The molecule has 1 aliphatic carbocycles. The number of carbonyl (C=O) groups excluding carboxylic acids is 1. The maximum absolute atomic E-state index is 12.8. The molecule has 0 radical (unpaired) electrons. The highest BCUT2D eigenvalue weighted by Gasteiger charge is 2.39. The van der Waals surface area contributed by atoms with Crippen LogP contribution in [0.2, 0.25) is 0 Å². The Bertz CT molecular complexity index is 1060. The monoisotopic (exact) mass is 417 g/mol. The molecule has 1 fully saturated rings. The first-order valence-corrected chi connectivity index (χ1v) is 11.2. The van der Waals surface area contributed by atoms with E-state index in [1.807, 2.05) is 29.2 Å². The van der Waals surface area contributed by atoms with E-state index in [0.717, 1.165) is 43.6 Å². The van der Waals surface area contributed by atoms with Crippen LogP contribution < -0.4 is 4.74 Å². The molecular formula is C25H27N3O3. The maximum Gasteiger partial charge on any atom is 0.257 e. The van der Waals surface area contributed by atoms with Gasteiger partial charge in [-0.3, -0.25) is 4.79 Å². The van der Waals surface area contributed by atoms with E-state index in [2.05, 4.69) is 41.3 Å². The van der Waals surface area contributed by atoms with E-state index < -0.39 is 0 Å². The van der Waals surface area contributed by atoms with E-state index in [-0.39, 0.29) is 17.9 Å². The minimum absolute atomic E-state index is 0.0330. The topological polar surface area (TPSA) is 68.5 Å². The van der Waals surface area contributed by atoms with Gasteiger partial charge in [0.2, 0.25) is 5.91 Å². The molecule has 1 aliphatic heterocycles. The van der Waals surface area contributed by atoms with Crippen LogP contribution in [0.3, 0.4) is 0 Å². The third-order valence-corrected chi connectivity index (χ3v) is 6.31. The van der Waals surface area contributed by atoms with Crippen molar-refractivity contribution in [3.8, 4) is 17.2 Å². The lowest BCUT2D eigenvalue weighted by Gasteiger charge is -2.25. The Hall–Kier alpha value is -3.15. The van der Waals surface area contributed by atoms with Gasteiger partial charge in [-0.15, -0.1) is 0 Å². The summed E-state index contributed by atoms with van der Waals surface area (Å²) >= 11 is 0. The highest BCUT2D eigenvalue weighted by molar-refractivity contribution is 5.80. The molecule has 1 amide bonds. The summed E-state index contributed by atoms with van der Waals surface area (Å²) in [6, 6.07) is 16.3. The predicted octanol–water partition coefficient (Wildman–Crippen LogP) is 4.92. The number of amides is 1. The van der Waals surface area contributed by atoms with Crippen molar-refractivity contribution in [1.29, 1.82) is 0 Å². The molecule has 1 saturated heterocycles. The predicted molar refractivity (Wildman–Crippen MR) is 117 cm³/mol. The largest absolute Gasteiger partial charge is 0.494 e. The standard InChI is InChI=1S/C25H27N3O3/c1-2-3-14-30-20-11-8-18(9-12-20)25-26-24(27-31-25)19-15-23(29)28(16-19)22-13-10-17-6-4-5-7-21(17)22/h4-9,11-12,19,22H,2-3,10,13-16H2,1H3. The molecule has 0 N–H and O–H groups in total. The lowest BCUT2D eigenvalue weighted by molar-refractivity contribution is -0.129. The molecule has 2 heterocycles. The number of rotatable bonds is 7. The number of hydrogen-bond donors (Lipinski definition) is 0. The van der Waals surface area contributed by atoms with Gasteiger partial charge in [0.05, 0.1) is 12.6 Å². The molecule has 0 bridgehead atoms. The number of ether oxygens (including phenoxy) is 1. The average molecular weight is 418 g/mol. The summed E-state index contributed by atoms with van der Waals surface area (Å²) < 4.78 is 11.2. The third kappa shape index (κ3) is 3.94. The maximum atomic E-state index is 12.8. The third-order valence-electron chi connectivity index (χ3n) is 6.31. The van der Waals surface area contributed by atoms with Gasteiger partial charge >= 0.3 is 0 Å². The highest BCUT2D eigenvalue weighted by Crippen LogP contribution is 2.40. The van der Waals surface area contributed by atoms with Crippen molar-refractivity contribution in [2.75, 3.05) is 13.2 Å². The zero-order chi connectivity index (χ0) is 21.2. The first kappa shape index (κ1) is 19.8. The van der Waals surface area contributed by atoms with Crippen LogP contribution in [0.1, 0.15) is 61.5 Å². The number of unbranched alkanes of at least 4 members (excludes halogenated alkanes) is 1. The lowest BCUT2D eigenvalue weighted by atomic mass is 10.1. The SMILES string of the molecule is CCCCOc1ccc(-c2nc(C3CC(=O)N(C4CCc5ccccc54)C3)no2)cc1. The molecule has 0 spiro atoms. The van der Waals surface area contributed by atoms with Gasteiger partial charge in [0.1, 0.15) is 5.75 Å². The number of aryl methyl sites for hydroxylation is 1. The fourth-order valence-corrected chi connectivity index (χ4v) is 4.61. The zero-order valence-electron chi connectivity index (χ0n) is 17.8. The Morgan fingerprint density at radius 3 is 2.84 bits per heavy atom. The molecule has 2 atom stereocenters. The number of nitrogens with zero attached hydrogens (tertiary/aromatic N) is 3. The van der Waals surface area contributed by atoms with Crippen molar-refractivity contribution in [2.24, 2.45) is 0 Å². The molecule has 160 valence electrons. The van der Waals surface area contributed by atoms with Crippen LogP contribution in [0, 0.1) is 0 Å². The van der Waals surface area contributed by atoms with E-state index in [9.17, 15) is 4.79 Å². The zero-order valence-corrected chi connectivity index (χ0v) is 17.8. The summed E-state index contributed by atoms with van der Waals surface area (Å²) in [4.78, 5) is 19.4. The second kappa shape index (κ2) is 8.53. The summed E-state index contributed by atoms with van der Waals surface area (Å²) in [7, 11) is 0. The summed E-state index contributed by atoms with van der Waals surface area (Å²) in [5.41, 5.74) is 3.49.